The Morgan fingerprint density at radius 2 is 2.11 bits per heavy atom. The van der Waals surface area contributed by atoms with Crippen LogP contribution in [-0.4, -0.2) is 9.55 Å². The fraction of sp³-hybridized carbons (Fsp3) is 0.500. The van der Waals surface area contributed by atoms with Crippen molar-refractivity contribution in [2.75, 3.05) is 5.73 Å². The lowest BCUT2D eigenvalue weighted by Crippen LogP contribution is -2.04. The van der Waals surface area contributed by atoms with Crippen LogP contribution in [0.1, 0.15) is 33.1 Å². The molecule has 0 aliphatic rings. The molecule has 0 unspecified atom stereocenters. The maximum atomic E-state index is 13.8. The Balaban J connectivity index is 2.15. The van der Waals surface area contributed by atoms with Crippen molar-refractivity contribution in [3.63, 3.8) is 0 Å². The van der Waals surface area contributed by atoms with E-state index in [1.54, 1.807) is 16.7 Å². The predicted octanol–water partition coefficient (Wildman–Crippen LogP) is 3.58. The van der Waals surface area contributed by atoms with Crippen LogP contribution in [0.15, 0.2) is 18.2 Å². The van der Waals surface area contributed by atoms with Gasteiger partial charge in [0.15, 0.2) is 0 Å². The first-order chi connectivity index (χ1) is 8.59. The minimum Gasteiger partial charge on any atom is -0.369 e. The highest BCUT2D eigenvalue weighted by atomic mass is 19.1. The van der Waals surface area contributed by atoms with Gasteiger partial charge >= 0.3 is 0 Å². The molecular weight excluding hydrogens is 229 g/mol. The van der Waals surface area contributed by atoms with E-state index in [1.807, 2.05) is 0 Å². The number of hydrogen-bond donors (Lipinski definition) is 1. The van der Waals surface area contributed by atoms with E-state index in [4.69, 9.17) is 5.73 Å². The van der Waals surface area contributed by atoms with Crippen LogP contribution in [0.25, 0.3) is 11.0 Å². The lowest BCUT2D eigenvalue weighted by molar-refractivity contribution is 0.512. The molecule has 0 aliphatic heterocycles. The van der Waals surface area contributed by atoms with Gasteiger partial charge in [0.05, 0.1) is 5.52 Å². The van der Waals surface area contributed by atoms with Gasteiger partial charge in [-0.05, 0) is 24.5 Å². The van der Waals surface area contributed by atoms with Crippen LogP contribution in [0.5, 0.6) is 0 Å². The Bertz CT molecular complexity index is 531. The van der Waals surface area contributed by atoms with Crippen molar-refractivity contribution in [2.24, 2.45) is 5.92 Å². The molecule has 0 spiro atoms. The number of para-hydroxylation sites is 1. The summed E-state index contributed by atoms with van der Waals surface area (Å²) >= 11 is 0. The van der Waals surface area contributed by atoms with E-state index < -0.39 is 0 Å². The molecule has 0 amide bonds. The number of halogens is 1. The molecule has 4 heteroatoms. The molecule has 2 N–H and O–H groups in total. The maximum Gasteiger partial charge on any atom is 0.201 e. The second-order valence-electron chi connectivity index (χ2n) is 5.12. The molecule has 0 saturated heterocycles. The van der Waals surface area contributed by atoms with E-state index in [2.05, 4.69) is 18.8 Å². The van der Waals surface area contributed by atoms with Gasteiger partial charge in [-0.3, -0.25) is 0 Å². The highest BCUT2D eigenvalue weighted by Crippen LogP contribution is 2.21. The van der Waals surface area contributed by atoms with Crippen LogP contribution in [0.3, 0.4) is 0 Å². The summed E-state index contributed by atoms with van der Waals surface area (Å²) in [7, 11) is 0. The number of unbranched alkanes of at least 4 members (excludes halogenated alkanes) is 1. The summed E-state index contributed by atoms with van der Waals surface area (Å²) in [5.41, 5.74) is 7.01. The molecule has 3 nitrogen and oxygen atoms in total. The smallest absolute Gasteiger partial charge is 0.201 e. The van der Waals surface area contributed by atoms with Crippen molar-refractivity contribution in [1.29, 1.82) is 0 Å². The second kappa shape index (κ2) is 5.38. The number of anilines is 1. The highest BCUT2D eigenvalue weighted by molar-refractivity contribution is 5.78. The van der Waals surface area contributed by atoms with Gasteiger partial charge in [-0.2, -0.15) is 0 Å². The molecular formula is C14H20FN3. The van der Waals surface area contributed by atoms with Gasteiger partial charge in [-0.15, -0.1) is 0 Å². The summed E-state index contributed by atoms with van der Waals surface area (Å²) in [5.74, 6) is 0.860. The molecule has 0 fully saturated rings. The van der Waals surface area contributed by atoms with Crippen molar-refractivity contribution in [2.45, 2.75) is 39.7 Å². The van der Waals surface area contributed by atoms with Crippen LogP contribution in [0, 0.1) is 11.7 Å². The molecule has 1 aromatic heterocycles. The third kappa shape index (κ3) is 2.63. The van der Waals surface area contributed by atoms with Gasteiger partial charge in [0.25, 0.3) is 0 Å². The normalized spacial score (nSPS) is 11.6. The van der Waals surface area contributed by atoms with E-state index in [0.29, 0.717) is 22.9 Å². The van der Waals surface area contributed by atoms with Gasteiger partial charge < -0.3 is 10.3 Å². The zero-order chi connectivity index (χ0) is 13.1. The van der Waals surface area contributed by atoms with Crippen LogP contribution in [0.2, 0.25) is 0 Å². The molecule has 0 aliphatic carbocycles. The minimum absolute atomic E-state index is 0.249. The number of imidazole rings is 1. The molecule has 0 atom stereocenters. The number of nitrogens with two attached hydrogens (primary N) is 1. The third-order valence-electron chi connectivity index (χ3n) is 3.16. The Hall–Kier alpha value is -1.58. The minimum atomic E-state index is -0.249. The van der Waals surface area contributed by atoms with E-state index in [0.717, 1.165) is 19.4 Å². The topological polar surface area (TPSA) is 43.8 Å². The molecule has 1 heterocycles. The number of aromatic nitrogens is 2. The van der Waals surface area contributed by atoms with Crippen LogP contribution < -0.4 is 5.73 Å². The first kappa shape index (κ1) is 12.9. The van der Waals surface area contributed by atoms with Crippen molar-refractivity contribution in [3.8, 4) is 0 Å². The van der Waals surface area contributed by atoms with Gasteiger partial charge in [-0.25, -0.2) is 9.37 Å². The van der Waals surface area contributed by atoms with E-state index >= 15 is 0 Å². The number of fused-ring (bicyclic) bond motifs is 1. The number of nitrogens with zero attached hydrogens (tertiary/aromatic N) is 2. The highest BCUT2D eigenvalue weighted by Gasteiger charge is 2.11. The van der Waals surface area contributed by atoms with Crippen LogP contribution in [-0.2, 0) is 6.54 Å². The van der Waals surface area contributed by atoms with Crippen molar-refractivity contribution in [1.82, 2.24) is 9.55 Å². The van der Waals surface area contributed by atoms with Crippen LogP contribution in [0.4, 0.5) is 10.3 Å². The standard InChI is InChI=1S/C14H20FN3/c1-10(2)6-3-4-9-18-13-11(15)7-5-8-12(13)17-14(18)16/h5,7-8,10H,3-4,6,9H2,1-2H3,(H2,16,17). The van der Waals surface area contributed by atoms with E-state index in [1.165, 1.54) is 12.5 Å². The molecule has 1 aromatic carbocycles. The van der Waals surface area contributed by atoms with E-state index in [-0.39, 0.29) is 5.82 Å². The lowest BCUT2D eigenvalue weighted by Gasteiger charge is -2.08. The molecule has 0 bridgehead atoms. The SMILES string of the molecule is CC(C)CCCCn1c(N)nc2cccc(F)c21. The summed E-state index contributed by atoms with van der Waals surface area (Å²) in [6.45, 7) is 5.15. The summed E-state index contributed by atoms with van der Waals surface area (Å²) in [5, 5.41) is 0. The summed E-state index contributed by atoms with van der Waals surface area (Å²) < 4.78 is 15.6. The molecule has 98 valence electrons. The zero-order valence-corrected chi connectivity index (χ0v) is 11.0. The van der Waals surface area contributed by atoms with Gasteiger partial charge in [-0.1, -0.05) is 32.8 Å². The summed E-state index contributed by atoms with van der Waals surface area (Å²) in [4.78, 5) is 4.19. The van der Waals surface area contributed by atoms with Crippen LogP contribution >= 0.6 is 0 Å². The fourth-order valence-corrected chi connectivity index (χ4v) is 2.21. The average Bonchev–Trinajstić information content (AvgIpc) is 2.62. The lowest BCUT2D eigenvalue weighted by atomic mass is 10.1. The Kier molecular flexibility index (Phi) is 3.84. The first-order valence-electron chi connectivity index (χ1n) is 6.50. The molecule has 2 aromatic rings. The van der Waals surface area contributed by atoms with Gasteiger partial charge in [0.1, 0.15) is 11.3 Å². The summed E-state index contributed by atoms with van der Waals surface area (Å²) in [6.07, 6.45) is 3.32. The number of benzene rings is 1. The number of aryl methyl sites for hydroxylation is 1. The fourth-order valence-electron chi connectivity index (χ4n) is 2.21. The second-order valence-corrected chi connectivity index (χ2v) is 5.12. The van der Waals surface area contributed by atoms with Crippen molar-refractivity contribution in [3.05, 3.63) is 24.0 Å². The zero-order valence-electron chi connectivity index (χ0n) is 11.0. The monoisotopic (exact) mass is 249 g/mol. The quantitative estimate of drug-likeness (QED) is 0.823. The molecule has 2 rings (SSSR count). The van der Waals surface area contributed by atoms with Gasteiger partial charge in [0, 0.05) is 6.54 Å². The Morgan fingerprint density at radius 1 is 1.33 bits per heavy atom. The Morgan fingerprint density at radius 3 is 2.83 bits per heavy atom. The molecule has 0 saturated carbocycles. The third-order valence-corrected chi connectivity index (χ3v) is 3.16. The Labute approximate surface area is 107 Å². The molecule has 18 heavy (non-hydrogen) atoms. The number of nitrogen functional groups attached to an aromatic ring is 1. The average molecular weight is 249 g/mol. The largest absolute Gasteiger partial charge is 0.369 e. The maximum absolute atomic E-state index is 13.8. The van der Waals surface area contributed by atoms with Crippen molar-refractivity contribution < 1.29 is 4.39 Å². The number of hydrogen-bond acceptors (Lipinski definition) is 2. The van der Waals surface area contributed by atoms with E-state index in [9.17, 15) is 4.39 Å². The van der Waals surface area contributed by atoms with Crippen molar-refractivity contribution >= 4 is 17.0 Å². The van der Waals surface area contributed by atoms with Gasteiger partial charge in [0.2, 0.25) is 5.95 Å². The molecule has 0 radical (unpaired) electrons. The summed E-state index contributed by atoms with van der Waals surface area (Å²) in [6, 6.07) is 4.90. The predicted molar refractivity (Wildman–Crippen MR) is 72.8 cm³/mol. The number of rotatable bonds is 5. The first-order valence-corrected chi connectivity index (χ1v) is 6.50.